The van der Waals surface area contributed by atoms with Gasteiger partial charge in [-0.2, -0.15) is 0 Å². The van der Waals surface area contributed by atoms with Crippen LogP contribution in [0.2, 0.25) is 75.5 Å². The van der Waals surface area contributed by atoms with Crippen molar-refractivity contribution in [2.45, 2.75) is 75.5 Å². The summed E-state index contributed by atoms with van der Waals surface area (Å²) >= 11 is 0. The Hall–Kier alpha value is -1.47. The predicted molar refractivity (Wildman–Crippen MR) is 165 cm³/mol. The Bertz CT molecular complexity index is 850. The zero-order valence-electron chi connectivity index (χ0n) is 22.4. The molecule has 0 aliphatic rings. The van der Waals surface area contributed by atoms with E-state index in [9.17, 15) is 0 Å². The quantitative estimate of drug-likeness (QED) is 0.221. The molecule has 4 heteroatoms. The summed E-state index contributed by atoms with van der Waals surface area (Å²) in [5.41, 5.74) is 0. The van der Waals surface area contributed by atoms with Gasteiger partial charge >= 0.3 is 0 Å². The van der Waals surface area contributed by atoms with Crippen molar-refractivity contribution in [3.05, 3.63) is 91.0 Å². The maximum atomic E-state index is 2.59. The van der Waals surface area contributed by atoms with E-state index in [1.807, 2.05) is 0 Å². The largest absolute Gasteiger partial charge is 0.0803 e. The van der Waals surface area contributed by atoms with Crippen molar-refractivity contribution in [3.63, 3.8) is 0 Å². The highest BCUT2D eigenvalue weighted by Crippen LogP contribution is 2.26. The maximum absolute atomic E-state index is 2.59. The lowest BCUT2D eigenvalue weighted by molar-refractivity contribution is 1.18. The van der Waals surface area contributed by atoms with Crippen LogP contribution in [0.25, 0.3) is 0 Å². The molecule has 3 rings (SSSR count). The van der Waals surface area contributed by atoms with Crippen molar-refractivity contribution in [1.82, 2.24) is 0 Å². The predicted octanol–water partition coefficient (Wildman–Crippen LogP) is 7.33. The highest BCUT2D eigenvalue weighted by atomic mass is 28.3. The zero-order chi connectivity index (χ0) is 24.7. The molecule has 0 spiro atoms. The topological polar surface area (TPSA) is 0 Å². The zero-order valence-corrected chi connectivity index (χ0v) is 26.4. The first-order valence-electron chi connectivity index (χ1n) is 13.1. The van der Waals surface area contributed by atoms with Crippen LogP contribution in [-0.2, 0) is 0 Å². The van der Waals surface area contributed by atoms with Gasteiger partial charge in [0.05, 0.1) is 24.2 Å². The molecule has 0 N–H and O–H groups in total. The first kappa shape index (κ1) is 27.1. The second-order valence-electron chi connectivity index (χ2n) is 12.0. The standard InChI is InChI=1S/C30H45Si4/c1-32(2,28-16-10-7-11-17-28)25-22-31(23-26-33(3,4)29-18-12-8-13-19-29)24-27-34(5,6)30-20-14-9-15-21-30/h7-21H,22-27H2,1-6H3. The van der Waals surface area contributed by atoms with Crippen LogP contribution in [0, 0.1) is 0 Å². The minimum Gasteiger partial charge on any atom is -0.0654 e. The van der Waals surface area contributed by atoms with Gasteiger partial charge < -0.3 is 0 Å². The van der Waals surface area contributed by atoms with Gasteiger partial charge in [-0.1, -0.05) is 182 Å². The highest BCUT2D eigenvalue weighted by molar-refractivity contribution is 6.92. The second kappa shape index (κ2) is 12.0. The average molecular weight is 518 g/mol. The van der Waals surface area contributed by atoms with Crippen LogP contribution in [0.3, 0.4) is 0 Å². The summed E-state index contributed by atoms with van der Waals surface area (Å²) < 4.78 is 0. The molecule has 0 aliphatic heterocycles. The molecule has 0 atom stereocenters. The van der Waals surface area contributed by atoms with E-state index in [2.05, 4.69) is 130 Å². The van der Waals surface area contributed by atoms with E-state index in [0.717, 1.165) is 0 Å². The number of hydrogen-bond donors (Lipinski definition) is 0. The van der Waals surface area contributed by atoms with Gasteiger partial charge in [-0.05, 0) is 0 Å². The van der Waals surface area contributed by atoms with Gasteiger partial charge in [0.1, 0.15) is 0 Å². The van der Waals surface area contributed by atoms with Crippen LogP contribution >= 0.6 is 0 Å². The van der Waals surface area contributed by atoms with Crippen LogP contribution < -0.4 is 15.6 Å². The summed E-state index contributed by atoms with van der Waals surface area (Å²) in [4.78, 5) is 0. The van der Waals surface area contributed by atoms with E-state index in [1.54, 1.807) is 15.6 Å². The molecule has 3 aromatic carbocycles. The van der Waals surface area contributed by atoms with Crippen LogP contribution in [0.15, 0.2) is 91.0 Å². The fraction of sp³-hybridized carbons (Fsp3) is 0.400. The van der Waals surface area contributed by atoms with Crippen LogP contribution in [0.5, 0.6) is 0 Å². The van der Waals surface area contributed by atoms with Gasteiger partial charge in [-0.3, -0.25) is 0 Å². The fourth-order valence-electron chi connectivity index (χ4n) is 4.94. The molecule has 181 valence electrons. The molecule has 34 heavy (non-hydrogen) atoms. The molecule has 0 unspecified atom stereocenters. The summed E-state index contributed by atoms with van der Waals surface area (Å²) in [7, 11) is -4.48. The molecule has 0 fully saturated rings. The molecule has 1 radical (unpaired) electrons. The normalized spacial score (nSPS) is 12.8. The van der Waals surface area contributed by atoms with Crippen molar-refractivity contribution < 1.29 is 0 Å². The van der Waals surface area contributed by atoms with E-state index in [1.165, 1.54) is 36.3 Å². The van der Waals surface area contributed by atoms with Gasteiger partial charge in [0.25, 0.3) is 0 Å². The molecule has 0 nitrogen and oxygen atoms in total. The number of hydrogen-bond acceptors (Lipinski definition) is 0. The van der Waals surface area contributed by atoms with E-state index >= 15 is 0 Å². The first-order valence-corrected chi connectivity index (χ1v) is 24.8. The molecule has 0 bridgehead atoms. The third kappa shape index (κ3) is 7.77. The first-order chi connectivity index (χ1) is 16.1. The lowest BCUT2D eigenvalue weighted by Gasteiger charge is -2.30. The molecular formula is C30H45Si4. The van der Waals surface area contributed by atoms with E-state index in [-0.39, 0.29) is 8.80 Å². The lowest BCUT2D eigenvalue weighted by atomic mass is 10.4. The smallest absolute Gasteiger partial charge is 0.0654 e. The Morgan fingerprint density at radius 2 is 0.647 bits per heavy atom. The van der Waals surface area contributed by atoms with Crippen molar-refractivity contribution in [2.75, 3.05) is 0 Å². The van der Waals surface area contributed by atoms with Crippen LogP contribution in [0.4, 0.5) is 0 Å². The average Bonchev–Trinajstić information content (AvgIpc) is 2.85. The SMILES string of the molecule is C[Si](C)(CC[Si](CC[Si](C)(C)c1ccccc1)CC[Si](C)(C)c1ccccc1)c1ccccc1. The molecule has 0 aromatic heterocycles. The minimum atomic E-state index is -1.37. The van der Waals surface area contributed by atoms with Gasteiger partial charge in [0.15, 0.2) is 0 Å². The fourth-order valence-corrected chi connectivity index (χ4v) is 21.6. The Balaban J connectivity index is 1.70. The molecule has 0 saturated carbocycles. The Morgan fingerprint density at radius 1 is 0.412 bits per heavy atom. The van der Waals surface area contributed by atoms with Gasteiger partial charge in [-0.25, -0.2) is 0 Å². The highest BCUT2D eigenvalue weighted by Gasteiger charge is 2.30. The number of rotatable bonds is 12. The van der Waals surface area contributed by atoms with E-state index in [0.29, 0.717) is 0 Å². The molecule has 0 amide bonds. The Kier molecular flexibility index (Phi) is 9.55. The monoisotopic (exact) mass is 517 g/mol. The molecule has 0 heterocycles. The second-order valence-corrected chi connectivity index (χ2v) is 29.5. The van der Waals surface area contributed by atoms with Crippen molar-refractivity contribution in [1.29, 1.82) is 0 Å². The lowest BCUT2D eigenvalue weighted by Crippen LogP contribution is -2.44. The summed E-state index contributed by atoms with van der Waals surface area (Å²) in [6.45, 7) is 15.5. The molecular weight excluding hydrogens is 473 g/mol. The van der Waals surface area contributed by atoms with Crippen LogP contribution in [0.1, 0.15) is 0 Å². The summed E-state index contributed by atoms with van der Waals surface area (Å²) in [5.74, 6) is 0. The maximum Gasteiger partial charge on any atom is 0.0803 e. The molecule has 0 saturated heterocycles. The Labute approximate surface area is 214 Å². The van der Waals surface area contributed by atoms with Crippen molar-refractivity contribution >= 4 is 48.6 Å². The third-order valence-electron chi connectivity index (χ3n) is 7.98. The Morgan fingerprint density at radius 3 is 0.882 bits per heavy atom. The summed E-state index contributed by atoms with van der Waals surface area (Å²) in [5, 5.41) is 4.90. The van der Waals surface area contributed by atoms with E-state index < -0.39 is 24.2 Å². The van der Waals surface area contributed by atoms with Crippen molar-refractivity contribution in [2.24, 2.45) is 0 Å². The van der Waals surface area contributed by atoms with E-state index in [4.69, 9.17) is 0 Å². The minimum absolute atomic E-state index is 0.360. The third-order valence-corrected chi connectivity index (χ3v) is 22.5. The summed E-state index contributed by atoms with van der Waals surface area (Å²) in [6.07, 6.45) is 0. The van der Waals surface area contributed by atoms with Gasteiger partial charge in [0.2, 0.25) is 0 Å². The van der Waals surface area contributed by atoms with Gasteiger partial charge in [0, 0.05) is 8.80 Å². The summed E-state index contributed by atoms with van der Waals surface area (Å²) in [6, 6.07) is 43.0. The molecule has 0 aliphatic carbocycles. The number of benzene rings is 3. The van der Waals surface area contributed by atoms with Crippen LogP contribution in [-0.4, -0.2) is 33.0 Å². The van der Waals surface area contributed by atoms with Crippen molar-refractivity contribution in [3.8, 4) is 0 Å². The van der Waals surface area contributed by atoms with Gasteiger partial charge in [-0.15, -0.1) is 0 Å². The molecule has 3 aromatic rings.